The van der Waals surface area contributed by atoms with Crippen LogP contribution in [0.2, 0.25) is 0 Å². The number of ether oxygens (including phenoxy) is 1. The van der Waals surface area contributed by atoms with Crippen LogP contribution in [0.5, 0.6) is 0 Å². The standard InChI is InChI=1S/C19H21FN4O5/c1-2-29-19(28)21-10-5-6-23(8-10)17-14(20)7-12-15(25)13(18(26)27)9-24(11-3-4-11)16(12)22-17/h7,9-11H,2-6,8H2,1H3,(H,21,28)(H,26,27). The summed E-state index contributed by atoms with van der Waals surface area (Å²) in [5, 5.41) is 12.0. The van der Waals surface area contributed by atoms with Gasteiger partial charge in [0.25, 0.3) is 0 Å². The first-order valence-corrected chi connectivity index (χ1v) is 9.56. The maximum absolute atomic E-state index is 14.8. The Bertz CT molecular complexity index is 1050. The van der Waals surface area contributed by atoms with E-state index in [1.54, 1.807) is 16.4 Å². The van der Waals surface area contributed by atoms with Gasteiger partial charge in [-0.15, -0.1) is 0 Å². The van der Waals surface area contributed by atoms with E-state index in [1.165, 1.54) is 6.20 Å². The largest absolute Gasteiger partial charge is 0.477 e. The van der Waals surface area contributed by atoms with Crippen LogP contribution >= 0.6 is 0 Å². The Morgan fingerprint density at radius 3 is 2.79 bits per heavy atom. The smallest absolute Gasteiger partial charge is 0.407 e. The molecule has 0 spiro atoms. The number of carbonyl (C=O) groups is 2. The Morgan fingerprint density at radius 1 is 1.38 bits per heavy atom. The van der Waals surface area contributed by atoms with E-state index in [0.29, 0.717) is 19.5 Å². The average Bonchev–Trinajstić information content (AvgIpc) is 3.41. The molecule has 1 saturated heterocycles. The molecule has 154 valence electrons. The number of carboxylic acid groups (broad SMARTS) is 1. The third-order valence-corrected chi connectivity index (χ3v) is 5.20. The molecule has 0 bridgehead atoms. The molecule has 1 atom stereocenters. The van der Waals surface area contributed by atoms with Gasteiger partial charge >= 0.3 is 12.1 Å². The van der Waals surface area contributed by atoms with Crippen LogP contribution in [-0.4, -0.2) is 52.5 Å². The maximum Gasteiger partial charge on any atom is 0.407 e. The number of hydrogen-bond acceptors (Lipinski definition) is 6. The van der Waals surface area contributed by atoms with Crippen molar-refractivity contribution in [1.82, 2.24) is 14.9 Å². The van der Waals surface area contributed by atoms with Crippen molar-refractivity contribution in [1.29, 1.82) is 0 Å². The van der Waals surface area contributed by atoms with Gasteiger partial charge in [0.05, 0.1) is 18.0 Å². The minimum Gasteiger partial charge on any atom is -0.477 e. The number of carboxylic acids is 1. The summed E-state index contributed by atoms with van der Waals surface area (Å²) in [6.45, 7) is 2.81. The van der Waals surface area contributed by atoms with E-state index in [-0.39, 0.29) is 35.5 Å². The fourth-order valence-electron chi connectivity index (χ4n) is 3.65. The first-order chi connectivity index (χ1) is 13.9. The summed E-state index contributed by atoms with van der Waals surface area (Å²) in [6.07, 6.45) is 3.08. The third kappa shape index (κ3) is 3.62. The second-order valence-electron chi connectivity index (χ2n) is 7.28. The van der Waals surface area contributed by atoms with Gasteiger partial charge in [0, 0.05) is 25.3 Å². The van der Waals surface area contributed by atoms with Crippen molar-refractivity contribution >= 4 is 28.9 Å². The summed E-state index contributed by atoms with van der Waals surface area (Å²) in [5.41, 5.74) is -0.857. The number of nitrogens with one attached hydrogen (secondary N) is 1. The van der Waals surface area contributed by atoms with E-state index in [9.17, 15) is 23.9 Å². The zero-order chi connectivity index (χ0) is 20.7. The number of alkyl carbamates (subject to hydrolysis) is 1. The van der Waals surface area contributed by atoms with E-state index in [1.807, 2.05) is 0 Å². The number of hydrogen-bond donors (Lipinski definition) is 2. The van der Waals surface area contributed by atoms with Crippen molar-refractivity contribution in [3.05, 3.63) is 33.9 Å². The summed E-state index contributed by atoms with van der Waals surface area (Å²) in [6, 6.07) is 0.919. The summed E-state index contributed by atoms with van der Waals surface area (Å²) in [7, 11) is 0. The molecule has 1 amide bonds. The van der Waals surface area contributed by atoms with Gasteiger partial charge in [0.1, 0.15) is 11.2 Å². The van der Waals surface area contributed by atoms with E-state index < -0.39 is 28.9 Å². The number of halogens is 1. The summed E-state index contributed by atoms with van der Waals surface area (Å²) in [5.74, 6) is -1.96. The Labute approximate surface area is 165 Å². The zero-order valence-electron chi connectivity index (χ0n) is 15.9. The lowest BCUT2D eigenvalue weighted by atomic mass is 10.2. The third-order valence-electron chi connectivity index (χ3n) is 5.20. The molecule has 1 aliphatic carbocycles. The lowest BCUT2D eigenvalue weighted by molar-refractivity contribution is 0.0694. The minimum absolute atomic E-state index is 0.0431. The Balaban J connectivity index is 1.70. The van der Waals surface area contributed by atoms with Crippen molar-refractivity contribution < 1.29 is 23.8 Å². The van der Waals surface area contributed by atoms with Crippen molar-refractivity contribution in [3.8, 4) is 0 Å². The second-order valence-corrected chi connectivity index (χ2v) is 7.28. The number of aromatic carboxylic acids is 1. The molecule has 2 N–H and O–H groups in total. The molecule has 0 radical (unpaired) electrons. The van der Waals surface area contributed by atoms with Crippen LogP contribution in [0.4, 0.5) is 15.0 Å². The van der Waals surface area contributed by atoms with Crippen LogP contribution in [0.3, 0.4) is 0 Å². The van der Waals surface area contributed by atoms with Crippen LogP contribution in [0, 0.1) is 5.82 Å². The van der Waals surface area contributed by atoms with Gasteiger partial charge in [-0.05, 0) is 32.3 Å². The molecule has 1 aliphatic heterocycles. The summed E-state index contributed by atoms with van der Waals surface area (Å²) in [4.78, 5) is 41.6. The van der Waals surface area contributed by atoms with Gasteiger partial charge in [-0.25, -0.2) is 19.0 Å². The number of pyridine rings is 2. The number of amides is 1. The van der Waals surface area contributed by atoms with Crippen molar-refractivity contribution in [2.45, 2.75) is 38.3 Å². The highest BCUT2D eigenvalue weighted by molar-refractivity contribution is 5.92. The lowest BCUT2D eigenvalue weighted by Gasteiger charge is -2.20. The monoisotopic (exact) mass is 404 g/mol. The maximum atomic E-state index is 14.8. The van der Waals surface area contributed by atoms with E-state index in [0.717, 1.165) is 18.9 Å². The SMILES string of the molecule is CCOC(=O)NC1CCN(c2nc3c(cc2F)c(=O)c(C(=O)O)cn3C2CC2)C1. The number of rotatable bonds is 5. The van der Waals surface area contributed by atoms with Gasteiger partial charge in [0.15, 0.2) is 11.6 Å². The first kappa shape index (κ1) is 19.2. The lowest BCUT2D eigenvalue weighted by Crippen LogP contribution is -2.37. The van der Waals surface area contributed by atoms with Crippen LogP contribution in [0.25, 0.3) is 11.0 Å². The average molecular weight is 404 g/mol. The van der Waals surface area contributed by atoms with Crippen molar-refractivity contribution in [3.63, 3.8) is 0 Å². The molecule has 4 rings (SSSR count). The van der Waals surface area contributed by atoms with Gasteiger partial charge in [-0.3, -0.25) is 4.79 Å². The second kappa shape index (κ2) is 7.34. The van der Waals surface area contributed by atoms with E-state index in [2.05, 4.69) is 10.3 Å². The minimum atomic E-state index is -1.34. The Hall–Kier alpha value is -3.17. The summed E-state index contributed by atoms with van der Waals surface area (Å²) < 4.78 is 21.4. The van der Waals surface area contributed by atoms with Gasteiger partial charge in [0.2, 0.25) is 5.43 Å². The molecule has 29 heavy (non-hydrogen) atoms. The van der Waals surface area contributed by atoms with Crippen LogP contribution < -0.4 is 15.6 Å². The number of aromatic nitrogens is 2. The Morgan fingerprint density at radius 2 is 2.14 bits per heavy atom. The van der Waals surface area contributed by atoms with Gasteiger partial charge in [-0.2, -0.15) is 0 Å². The highest BCUT2D eigenvalue weighted by Crippen LogP contribution is 2.37. The molecule has 9 nitrogen and oxygen atoms in total. The zero-order valence-corrected chi connectivity index (χ0v) is 15.9. The molecule has 0 aromatic carbocycles. The van der Waals surface area contributed by atoms with Crippen LogP contribution in [0.15, 0.2) is 17.1 Å². The van der Waals surface area contributed by atoms with E-state index in [4.69, 9.17) is 4.74 Å². The number of fused-ring (bicyclic) bond motifs is 1. The number of anilines is 1. The normalized spacial score (nSPS) is 18.8. The molecule has 1 saturated carbocycles. The highest BCUT2D eigenvalue weighted by Gasteiger charge is 2.31. The quantitative estimate of drug-likeness (QED) is 0.782. The predicted octanol–water partition coefficient (Wildman–Crippen LogP) is 1.89. The molecular formula is C19H21FN4O5. The van der Waals surface area contributed by atoms with E-state index >= 15 is 0 Å². The molecule has 3 heterocycles. The Kier molecular flexibility index (Phi) is 4.85. The molecule has 2 aliphatic rings. The number of nitrogens with zero attached hydrogens (tertiary/aromatic N) is 3. The highest BCUT2D eigenvalue weighted by atomic mass is 19.1. The molecule has 1 unspecified atom stereocenters. The van der Waals surface area contributed by atoms with Crippen molar-refractivity contribution in [2.24, 2.45) is 0 Å². The van der Waals surface area contributed by atoms with Gasteiger partial charge in [-0.1, -0.05) is 0 Å². The topological polar surface area (TPSA) is 114 Å². The first-order valence-electron chi connectivity index (χ1n) is 9.56. The molecule has 2 aromatic rings. The predicted molar refractivity (Wildman–Crippen MR) is 102 cm³/mol. The molecule has 2 fully saturated rings. The molecular weight excluding hydrogens is 383 g/mol. The molecule has 2 aromatic heterocycles. The van der Waals surface area contributed by atoms with Crippen LogP contribution in [0.1, 0.15) is 42.6 Å². The van der Waals surface area contributed by atoms with Crippen molar-refractivity contribution in [2.75, 3.05) is 24.6 Å². The molecule has 10 heteroatoms. The fraction of sp³-hybridized carbons (Fsp3) is 0.474. The number of carbonyl (C=O) groups excluding carboxylic acids is 1. The van der Waals surface area contributed by atoms with Gasteiger partial charge < -0.3 is 24.6 Å². The fourth-order valence-corrected chi connectivity index (χ4v) is 3.65. The van der Waals surface area contributed by atoms with Crippen LogP contribution in [-0.2, 0) is 4.74 Å². The summed E-state index contributed by atoms with van der Waals surface area (Å²) >= 11 is 0.